The van der Waals surface area contributed by atoms with Crippen molar-refractivity contribution in [2.75, 3.05) is 13.1 Å². The molecule has 2 rings (SSSR count). The third kappa shape index (κ3) is 5.20. The predicted octanol–water partition coefficient (Wildman–Crippen LogP) is 1.37. The number of sulfonamides is 1. The number of aryl methyl sites for hydroxylation is 1. The molecule has 0 saturated heterocycles. The maximum atomic E-state index is 12.1. The van der Waals surface area contributed by atoms with Gasteiger partial charge in [-0.3, -0.25) is 4.79 Å². The molecule has 0 radical (unpaired) electrons. The van der Waals surface area contributed by atoms with Crippen LogP contribution in [0, 0.1) is 0 Å². The molecule has 2 aromatic rings. The van der Waals surface area contributed by atoms with Crippen LogP contribution < -0.4 is 10.0 Å². The van der Waals surface area contributed by atoms with E-state index in [-0.39, 0.29) is 35.0 Å². The fourth-order valence-corrected chi connectivity index (χ4v) is 3.21. The summed E-state index contributed by atoms with van der Waals surface area (Å²) < 4.78 is 26.7. The lowest BCUT2D eigenvalue weighted by Crippen LogP contribution is -2.34. The summed E-state index contributed by atoms with van der Waals surface area (Å²) in [6.45, 7) is 2.05. The maximum absolute atomic E-state index is 12.1. The van der Waals surface area contributed by atoms with Crippen molar-refractivity contribution in [1.29, 1.82) is 0 Å². The van der Waals surface area contributed by atoms with Crippen LogP contribution in [0.1, 0.15) is 22.8 Å². The molecule has 4 N–H and O–H groups in total. The number of hydrogen-bond acceptors (Lipinski definition) is 5. The highest BCUT2D eigenvalue weighted by Gasteiger charge is 2.13. The zero-order chi connectivity index (χ0) is 18.4. The first kappa shape index (κ1) is 18.8. The molecular formula is C17H20N2O5S. The van der Waals surface area contributed by atoms with E-state index in [1.54, 1.807) is 12.1 Å². The van der Waals surface area contributed by atoms with Gasteiger partial charge in [0, 0.05) is 24.7 Å². The number of nitrogens with one attached hydrogen (secondary N) is 2. The van der Waals surface area contributed by atoms with Gasteiger partial charge in [0.05, 0.1) is 4.90 Å². The van der Waals surface area contributed by atoms with E-state index in [1.807, 2.05) is 6.92 Å². The van der Waals surface area contributed by atoms with Gasteiger partial charge in [0.15, 0.2) is 0 Å². The average Bonchev–Trinajstić information content (AvgIpc) is 2.57. The molecule has 0 aliphatic rings. The van der Waals surface area contributed by atoms with Crippen LogP contribution >= 0.6 is 0 Å². The highest BCUT2D eigenvalue weighted by Crippen LogP contribution is 2.20. The Bertz CT molecular complexity index is 828. The van der Waals surface area contributed by atoms with Crippen LogP contribution in [0.25, 0.3) is 0 Å². The van der Waals surface area contributed by atoms with E-state index >= 15 is 0 Å². The van der Waals surface area contributed by atoms with Gasteiger partial charge in [-0.25, -0.2) is 13.1 Å². The predicted molar refractivity (Wildman–Crippen MR) is 93.1 cm³/mol. The second-order valence-electron chi connectivity index (χ2n) is 5.39. The van der Waals surface area contributed by atoms with Crippen LogP contribution in [0.3, 0.4) is 0 Å². The number of hydrogen-bond donors (Lipinski definition) is 4. The number of phenols is 2. The molecule has 0 atom stereocenters. The van der Waals surface area contributed by atoms with E-state index in [2.05, 4.69) is 10.0 Å². The number of phenolic OH excluding ortho intramolecular Hbond substituents is 2. The Labute approximate surface area is 146 Å². The fourth-order valence-electron chi connectivity index (χ4n) is 2.18. The minimum absolute atomic E-state index is 0.00833. The molecule has 0 aromatic heterocycles. The van der Waals surface area contributed by atoms with E-state index in [4.69, 9.17) is 0 Å². The summed E-state index contributed by atoms with van der Waals surface area (Å²) in [4.78, 5) is 12.1. The van der Waals surface area contributed by atoms with Gasteiger partial charge in [-0.15, -0.1) is 0 Å². The monoisotopic (exact) mass is 364 g/mol. The number of aromatic hydroxyl groups is 2. The van der Waals surface area contributed by atoms with Gasteiger partial charge in [0.25, 0.3) is 5.91 Å². The average molecular weight is 364 g/mol. The zero-order valence-electron chi connectivity index (χ0n) is 13.7. The molecule has 0 bridgehead atoms. The minimum atomic E-state index is -3.64. The lowest BCUT2D eigenvalue weighted by molar-refractivity contribution is 0.0953. The largest absolute Gasteiger partial charge is 0.508 e. The molecule has 0 unspecified atom stereocenters. The van der Waals surface area contributed by atoms with Gasteiger partial charge in [0.2, 0.25) is 10.0 Å². The zero-order valence-corrected chi connectivity index (χ0v) is 14.5. The molecule has 7 nitrogen and oxygen atoms in total. The molecule has 8 heteroatoms. The molecule has 0 spiro atoms. The van der Waals surface area contributed by atoms with Gasteiger partial charge in [0.1, 0.15) is 11.5 Å². The molecule has 0 aliphatic heterocycles. The van der Waals surface area contributed by atoms with E-state index in [0.717, 1.165) is 18.1 Å². The summed E-state index contributed by atoms with van der Waals surface area (Å²) in [6, 6.07) is 10.1. The highest BCUT2D eigenvalue weighted by atomic mass is 32.2. The molecular weight excluding hydrogens is 344 g/mol. The van der Waals surface area contributed by atoms with Crippen LogP contribution in [-0.4, -0.2) is 37.6 Å². The Morgan fingerprint density at radius 1 is 1.00 bits per heavy atom. The van der Waals surface area contributed by atoms with E-state index in [0.29, 0.717) is 0 Å². The highest BCUT2D eigenvalue weighted by molar-refractivity contribution is 7.89. The molecule has 0 aliphatic carbocycles. The van der Waals surface area contributed by atoms with Crippen LogP contribution in [-0.2, 0) is 16.4 Å². The summed E-state index contributed by atoms with van der Waals surface area (Å²) in [5.41, 5.74) is 1.12. The topological polar surface area (TPSA) is 116 Å². The van der Waals surface area contributed by atoms with E-state index in [9.17, 15) is 23.4 Å². The van der Waals surface area contributed by atoms with Gasteiger partial charge in [-0.2, -0.15) is 0 Å². The van der Waals surface area contributed by atoms with Crippen molar-refractivity contribution in [3.05, 3.63) is 53.6 Å². The summed E-state index contributed by atoms with van der Waals surface area (Å²) >= 11 is 0. The van der Waals surface area contributed by atoms with Crippen molar-refractivity contribution >= 4 is 15.9 Å². The van der Waals surface area contributed by atoms with Crippen molar-refractivity contribution in [2.45, 2.75) is 18.2 Å². The summed E-state index contributed by atoms with van der Waals surface area (Å²) in [7, 11) is -3.64. The van der Waals surface area contributed by atoms with Gasteiger partial charge < -0.3 is 15.5 Å². The van der Waals surface area contributed by atoms with Crippen molar-refractivity contribution < 1.29 is 23.4 Å². The summed E-state index contributed by atoms with van der Waals surface area (Å²) in [5.74, 6) is -1.000. The first-order valence-corrected chi connectivity index (χ1v) is 9.20. The SMILES string of the molecule is CCc1ccc(S(=O)(=O)NCCNC(=O)c2cc(O)cc(O)c2)cc1. The third-order valence-electron chi connectivity index (χ3n) is 3.51. The van der Waals surface area contributed by atoms with E-state index < -0.39 is 15.9 Å². The number of rotatable bonds is 7. The number of carbonyl (C=O) groups is 1. The number of benzene rings is 2. The smallest absolute Gasteiger partial charge is 0.251 e. The first-order valence-electron chi connectivity index (χ1n) is 7.71. The molecule has 0 saturated carbocycles. The molecule has 2 aromatic carbocycles. The third-order valence-corrected chi connectivity index (χ3v) is 4.99. The quantitative estimate of drug-likeness (QED) is 0.554. The maximum Gasteiger partial charge on any atom is 0.251 e. The normalized spacial score (nSPS) is 11.2. The molecule has 25 heavy (non-hydrogen) atoms. The van der Waals surface area contributed by atoms with E-state index in [1.165, 1.54) is 24.3 Å². The van der Waals surface area contributed by atoms with Gasteiger partial charge in [-0.1, -0.05) is 19.1 Å². The lowest BCUT2D eigenvalue weighted by Gasteiger charge is -2.09. The fraction of sp³-hybridized carbons (Fsp3) is 0.235. The second kappa shape index (κ2) is 8.00. The van der Waals surface area contributed by atoms with Crippen LogP contribution in [0.2, 0.25) is 0 Å². The van der Waals surface area contributed by atoms with Gasteiger partial charge in [-0.05, 0) is 36.2 Å². The Kier molecular flexibility index (Phi) is 6.00. The van der Waals surface area contributed by atoms with Crippen molar-refractivity contribution in [3.63, 3.8) is 0 Å². The summed E-state index contributed by atoms with van der Waals surface area (Å²) in [6.07, 6.45) is 0.824. The molecule has 1 amide bonds. The Morgan fingerprint density at radius 3 is 2.16 bits per heavy atom. The van der Waals surface area contributed by atoms with Crippen molar-refractivity contribution in [3.8, 4) is 11.5 Å². The van der Waals surface area contributed by atoms with Crippen LogP contribution in [0.5, 0.6) is 11.5 Å². The van der Waals surface area contributed by atoms with Crippen molar-refractivity contribution in [1.82, 2.24) is 10.0 Å². The number of carbonyl (C=O) groups excluding carboxylic acids is 1. The lowest BCUT2D eigenvalue weighted by atomic mass is 10.2. The standard InChI is InChI=1S/C17H20N2O5S/c1-2-12-3-5-16(6-4-12)25(23,24)19-8-7-18-17(22)13-9-14(20)11-15(21)10-13/h3-6,9-11,19-21H,2,7-8H2,1H3,(H,18,22). The Hall–Kier alpha value is -2.58. The van der Waals surface area contributed by atoms with Crippen molar-refractivity contribution in [2.24, 2.45) is 0 Å². The molecule has 0 fully saturated rings. The van der Waals surface area contributed by atoms with Crippen LogP contribution in [0.15, 0.2) is 47.4 Å². The van der Waals surface area contributed by atoms with Crippen LogP contribution in [0.4, 0.5) is 0 Å². The first-order chi connectivity index (χ1) is 11.8. The van der Waals surface area contributed by atoms with Gasteiger partial charge >= 0.3 is 0 Å². The molecule has 134 valence electrons. The minimum Gasteiger partial charge on any atom is -0.508 e. The Morgan fingerprint density at radius 2 is 1.60 bits per heavy atom. The molecule has 0 heterocycles. The number of amides is 1. The summed E-state index contributed by atoms with van der Waals surface area (Å²) in [5, 5.41) is 21.2. The Balaban J connectivity index is 1.88. The second-order valence-corrected chi connectivity index (χ2v) is 7.16.